The van der Waals surface area contributed by atoms with Crippen molar-refractivity contribution < 1.29 is 9.50 Å². The molecule has 0 unspecified atom stereocenters. The number of benzene rings is 2. The third kappa shape index (κ3) is 4.03. The van der Waals surface area contributed by atoms with Crippen molar-refractivity contribution in [3.05, 3.63) is 71.5 Å². The summed E-state index contributed by atoms with van der Waals surface area (Å²) in [4.78, 5) is 0. The Morgan fingerprint density at radius 2 is 1.58 bits per heavy atom. The molecule has 3 N–H and O–H groups in total. The molecule has 0 saturated carbocycles. The Morgan fingerprint density at radius 3 is 2.21 bits per heavy atom. The van der Waals surface area contributed by atoms with Crippen molar-refractivity contribution in [2.24, 2.45) is 5.73 Å². The molecule has 0 aliphatic rings. The van der Waals surface area contributed by atoms with Crippen LogP contribution >= 0.6 is 12.4 Å². The first-order valence-corrected chi connectivity index (χ1v) is 5.90. The van der Waals surface area contributed by atoms with E-state index in [1.54, 1.807) is 18.2 Å². The third-order valence-corrected chi connectivity index (χ3v) is 2.97. The maximum atomic E-state index is 13.5. The molecule has 19 heavy (non-hydrogen) atoms. The number of hydrogen-bond acceptors (Lipinski definition) is 2. The van der Waals surface area contributed by atoms with Gasteiger partial charge in [0.1, 0.15) is 5.82 Å². The summed E-state index contributed by atoms with van der Waals surface area (Å²) in [5.74, 6) is -0.378. The quantitative estimate of drug-likeness (QED) is 0.905. The van der Waals surface area contributed by atoms with Gasteiger partial charge in [-0.05, 0) is 11.6 Å². The topological polar surface area (TPSA) is 46.2 Å². The monoisotopic (exact) mass is 281 g/mol. The first kappa shape index (κ1) is 15.6. The summed E-state index contributed by atoms with van der Waals surface area (Å²) in [5.41, 5.74) is 7.23. The zero-order chi connectivity index (χ0) is 13.0. The molecular formula is C15H17ClFNO. The zero-order valence-electron chi connectivity index (χ0n) is 10.4. The van der Waals surface area contributed by atoms with Gasteiger partial charge in [-0.3, -0.25) is 0 Å². The van der Waals surface area contributed by atoms with E-state index in [-0.39, 0.29) is 18.2 Å². The summed E-state index contributed by atoms with van der Waals surface area (Å²) < 4.78 is 13.5. The molecule has 0 aliphatic heterocycles. The number of aliphatic hydroxyl groups excluding tert-OH is 1. The van der Waals surface area contributed by atoms with Crippen LogP contribution in [0.3, 0.4) is 0 Å². The molecule has 0 bridgehead atoms. The van der Waals surface area contributed by atoms with Crippen molar-refractivity contribution in [2.45, 2.75) is 18.6 Å². The number of hydrogen-bond donors (Lipinski definition) is 2. The SMILES string of the molecule is Cl.N[C@@H](c1ccccc1F)[C@H](O)Cc1ccccc1. The number of aliphatic hydroxyl groups is 1. The van der Waals surface area contributed by atoms with Crippen molar-refractivity contribution in [3.63, 3.8) is 0 Å². The highest BCUT2D eigenvalue weighted by Crippen LogP contribution is 2.20. The van der Waals surface area contributed by atoms with Crippen LogP contribution in [0.15, 0.2) is 54.6 Å². The van der Waals surface area contributed by atoms with Gasteiger partial charge >= 0.3 is 0 Å². The predicted octanol–water partition coefficient (Wildman–Crippen LogP) is 2.85. The van der Waals surface area contributed by atoms with Gasteiger partial charge in [-0.15, -0.1) is 12.4 Å². The van der Waals surface area contributed by atoms with Crippen LogP contribution in [0.25, 0.3) is 0 Å². The van der Waals surface area contributed by atoms with E-state index in [0.29, 0.717) is 12.0 Å². The highest BCUT2D eigenvalue weighted by Gasteiger charge is 2.19. The maximum absolute atomic E-state index is 13.5. The largest absolute Gasteiger partial charge is 0.391 e. The molecule has 0 aliphatic carbocycles. The van der Waals surface area contributed by atoms with Crippen LogP contribution in [0.2, 0.25) is 0 Å². The van der Waals surface area contributed by atoms with Gasteiger partial charge in [-0.1, -0.05) is 48.5 Å². The van der Waals surface area contributed by atoms with Crippen molar-refractivity contribution >= 4 is 12.4 Å². The minimum absolute atomic E-state index is 0. The van der Waals surface area contributed by atoms with E-state index in [2.05, 4.69) is 0 Å². The van der Waals surface area contributed by atoms with Gasteiger partial charge in [-0.2, -0.15) is 0 Å². The fourth-order valence-electron chi connectivity index (χ4n) is 1.94. The molecule has 0 heterocycles. The predicted molar refractivity (Wildman–Crippen MR) is 76.7 cm³/mol. The summed E-state index contributed by atoms with van der Waals surface area (Å²) in [5, 5.41) is 10.1. The number of nitrogens with two attached hydrogens (primary N) is 1. The maximum Gasteiger partial charge on any atom is 0.128 e. The van der Waals surface area contributed by atoms with Crippen LogP contribution in [0.1, 0.15) is 17.2 Å². The van der Waals surface area contributed by atoms with Gasteiger partial charge in [0, 0.05) is 12.0 Å². The van der Waals surface area contributed by atoms with E-state index in [1.807, 2.05) is 30.3 Å². The molecule has 102 valence electrons. The third-order valence-electron chi connectivity index (χ3n) is 2.97. The van der Waals surface area contributed by atoms with Gasteiger partial charge < -0.3 is 10.8 Å². The van der Waals surface area contributed by atoms with Gasteiger partial charge in [0.2, 0.25) is 0 Å². The summed E-state index contributed by atoms with van der Waals surface area (Å²) in [7, 11) is 0. The fourth-order valence-corrected chi connectivity index (χ4v) is 1.94. The van der Waals surface area contributed by atoms with Crippen LogP contribution < -0.4 is 5.73 Å². The number of halogens is 2. The fraction of sp³-hybridized carbons (Fsp3) is 0.200. The molecule has 0 spiro atoms. The van der Waals surface area contributed by atoms with Gasteiger partial charge in [0.15, 0.2) is 0 Å². The van der Waals surface area contributed by atoms with E-state index >= 15 is 0 Å². The highest BCUT2D eigenvalue weighted by molar-refractivity contribution is 5.85. The molecule has 2 atom stereocenters. The molecule has 4 heteroatoms. The summed E-state index contributed by atoms with van der Waals surface area (Å²) in [6.07, 6.45) is -0.389. The van der Waals surface area contributed by atoms with Crippen LogP contribution in [-0.2, 0) is 6.42 Å². The Bertz CT molecular complexity index is 507. The molecule has 2 aromatic rings. The van der Waals surface area contributed by atoms with E-state index in [1.165, 1.54) is 6.07 Å². The molecule has 0 radical (unpaired) electrons. The Kier molecular flexibility index (Phi) is 5.96. The average molecular weight is 282 g/mol. The average Bonchev–Trinajstić information content (AvgIpc) is 2.39. The van der Waals surface area contributed by atoms with Crippen LogP contribution in [0, 0.1) is 5.82 Å². The molecule has 0 aromatic heterocycles. The van der Waals surface area contributed by atoms with Crippen molar-refractivity contribution in [2.75, 3.05) is 0 Å². The normalized spacial score (nSPS) is 13.4. The Balaban J connectivity index is 0.00000180. The minimum Gasteiger partial charge on any atom is -0.391 e. The van der Waals surface area contributed by atoms with E-state index in [0.717, 1.165) is 5.56 Å². The summed E-state index contributed by atoms with van der Waals surface area (Å²) in [6.45, 7) is 0. The molecular weight excluding hydrogens is 265 g/mol. The second kappa shape index (κ2) is 7.24. The van der Waals surface area contributed by atoms with Crippen molar-refractivity contribution in [3.8, 4) is 0 Å². The van der Waals surface area contributed by atoms with Crippen LogP contribution in [0.5, 0.6) is 0 Å². The van der Waals surface area contributed by atoms with E-state index in [9.17, 15) is 9.50 Å². The second-order valence-corrected chi connectivity index (χ2v) is 4.30. The van der Waals surface area contributed by atoms with Gasteiger partial charge in [-0.25, -0.2) is 4.39 Å². The van der Waals surface area contributed by atoms with Crippen LogP contribution in [-0.4, -0.2) is 11.2 Å². The first-order chi connectivity index (χ1) is 8.68. The Morgan fingerprint density at radius 1 is 1.00 bits per heavy atom. The van der Waals surface area contributed by atoms with Crippen molar-refractivity contribution in [1.29, 1.82) is 0 Å². The first-order valence-electron chi connectivity index (χ1n) is 5.90. The molecule has 2 rings (SSSR count). The minimum atomic E-state index is -0.802. The lowest BCUT2D eigenvalue weighted by atomic mass is 9.96. The van der Waals surface area contributed by atoms with Crippen molar-refractivity contribution in [1.82, 2.24) is 0 Å². The molecule has 2 aromatic carbocycles. The molecule has 2 nitrogen and oxygen atoms in total. The second-order valence-electron chi connectivity index (χ2n) is 4.30. The summed E-state index contributed by atoms with van der Waals surface area (Å²) >= 11 is 0. The van der Waals surface area contributed by atoms with E-state index in [4.69, 9.17) is 5.73 Å². The standard InChI is InChI=1S/C15H16FNO.ClH/c16-13-9-5-4-8-12(13)15(17)14(18)10-11-6-2-1-3-7-11;/h1-9,14-15,18H,10,17H2;1H/t14-,15+;/m1./s1. The highest BCUT2D eigenvalue weighted by atomic mass is 35.5. The lowest BCUT2D eigenvalue weighted by Crippen LogP contribution is -2.28. The Labute approximate surface area is 118 Å². The zero-order valence-corrected chi connectivity index (χ0v) is 11.2. The molecule has 0 amide bonds. The molecule has 0 fully saturated rings. The molecule has 0 saturated heterocycles. The lowest BCUT2D eigenvalue weighted by Gasteiger charge is -2.19. The van der Waals surface area contributed by atoms with Crippen LogP contribution in [0.4, 0.5) is 4.39 Å². The van der Waals surface area contributed by atoms with Gasteiger partial charge in [0.25, 0.3) is 0 Å². The van der Waals surface area contributed by atoms with Gasteiger partial charge in [0.05, 0.1) is 12.1 Å². The smallest absolute Gasteiger partial charge is 0.128 e. The lowest BCUT2D eigenvalue weighted by molar-refractivity contribution is 0.143. The summed E-state index contributed by atoms with van der Waals surface area (Å²) in [6, 6.07) is 15.1. The van der Waals surface area contributed by atoms with E-state index < -0.39 is 12.1 Å². The Hall–Kier alpha value is -1.42. The number of rotatable bonds is 4.